The lowest BCUT2D eigenvalue weighted by molar-refractivity contribution is -0.160. The van der Waals surface area contributed by atoms with E-state index in [9.17, 15) is 9.59 Å². The number of carbonyl (C=O) groups is 2. The van der Waals surface area contributed by atoms with Crippen LogP contribution in [-0.2, 0) is 9.59 Å². The highest BCUT2D eigenvalue weighted by atomic mass is 16.5. The maximum absolute atomic E-state index is 13.8. The minimum Gasteiger partial charge on any atom is -0.493 e. The molecule has 30 heavy (non-hydrogen) atoms. The summed E-state index contributed by atoms with van der Waals surface area (Å²) in [5.41, 5.74) is 0.466. The Bertz CT molecular complexity index is 816. The Kier molecular flexibility index (Phi) is 4.91. The molecule has 1 heterocycles. The normalized spacial score (nSPS) is 34.1. The van der Waals surface area contributed by atoms with E-state index in [1.807, 2.05) is 4.90 Å². The Balaban J connectivity index is 1.31. The minimum absolute atomic E-state index is 0.0993. The van der Waals surface area contributed by atoms with Crippen molar-refractivity contribution in [2.24, 2.45) is 23.2 Å². The van der Waals surface area contributed by atoms with E-state index in [4.69, 9.17) is 9.47 Å². The fourth-order valence-corrected chi connectivity index (χ4v) is 7.10. The molecule has 4 bridgehead atoms. The molecule has 1 aliphatic heterocycles. The number of benzene rings is 1. The van der Waals surface area contributed by atoms with Crippen LogP contribution in [0.3, 0.4) is 0 Å². The second-order valence-electron chi connectivity index (χ2n) is 9.91. The molecule has 2 amide bonds. The molecule has 5 aliphatic rings. The van der Waals surface area contributed by atoms with E-state index in [2.05, 4.69) is 5.32 Å². The number of likely N-dealkylation sites (tertiary alicyclic amines) is 1. The van der Waals surface area contributed by atoms with Crippen LogP contribution in [0.2, 0.25) is 0 Å². The number of carbonyl (C=O) groups excluding carboxylic acids is 2. The van der Waals surface area contributed by atoms with E-state index in [1.165, 1.54) is 19.3 Å². The molecule has 4 aliphatic carbocycles. The lowest BCUT2D eigenvalue weighted by Gasteiger charge is -2.56. The van der Waals surface area contributed by atoms with Gasteiger partial charge in [0.15, 0.2) is 11.5 Å². The highest BCUT2D eigenvalue weighted by molar-refractivity contribution is 5.98. The van der Waals surface area contributed by atoms with E-state index >= 15 is 0 Å². The van der Waals surface area contributed by atoms with Crippen LogP contribution in [0.15, 0.2) is 18.2 Å². The lowest BCUT2D eigenvalue weighted by atomic mass is 9.49. The van der Waals surface area contributed by atoms with Gasteiger partial charge >= 0.3 is 0 Å². The van der Waals surface area contributed by atoms with Crippen molar-refractivity contribution in [1.82, 2.24) is 4.90 Å². The van der Waals surface area contributed by atoms with Gasteiger partial charge in [0.1, 0.15) is 6.04 Å². The topological polar surface area (TPSA) is 67.9 Å². The van der Waals surface area contributed by atoms with E-state index in [-0.39, 0.29) is 23.3 Å². The Morgan fingerprint density at radius 2 is 1.63 bits per heavy atom. The molecule has 1 atom stereocenters. The highest BCUT2D eigenvalue weighted by Gasteiger charge is 2.56. The molecule has 5 fully saturated rings. The van der Waals surface area contributed by atoms with Crippen LogP contribution in [0, 0.1) is 23.2 Å². The Labute approximate surface area is 178 Å². The molecule has 6 rings (SSSR count). The number of hydrogen-bond acceptors (Lipinski definition) is 4. The zero-order valence-corrected chi connectivity index (χ0v) is 18.0. The van der Waals surface area contributed by atoms with Gasteiger partial charge in [-0.15, -0.1) is 0 Å². The number of nitrogens with zero attached hydrogens (tertiary/aromatic N) is 1. The van der Waals surface area contributed by atoms with Crippen LogP contribution in [0.1, 0.15) is 51.4 Å². The predicted molar refractivity (Wildman–Crippen MR) is 114 cm³/mol. The van der Waals surface area contributed by atoms with Crippen LogP contribution >= 0.6 is 0 Å². The highest BCUT2D eigenvalue weighted by Crippen LogP contribution is 2.60. The molecule has 1 saturated heterocycles. The molecular weight excluding hydrogens is 380 g/mol. The summed E-state index contributed by atoms with van der Waals surface area (Å²) >= 11 is 0. The number of rotatable bonds is 5. The van der Waals surface area contributed by atoms with E-state index < -0.39 is 0 Å². The summed E-state index contributed by atoms with van der Waals surface area (Å²) in [6.45, 7) is 0.699. The summed E-state index contributed by atoms with van der Waals surface area (Å²) in [7, 11) is 3.16. The van der Waals surface area contributed by atoms with E-state index in [1.54, 1.807) is 32.4 Å². The van der Waals surface area contributed by atoms with Gasteiger partial charge in [-0.3, -0.25) is 9.59 Å². The third-order valence-corrected chi connectivity index (χ3v) is 7.96. The Hall–Kier alpha value is -2.24. The third kappa shape index (κ3) is 3.25. The van der Waals surface area contributed by atoms with Crippen molar-refractivity contribution in [2.75, 3.05) is 26.1 Å². The number of anilines is 1. The molecule has 1 N–H and O–H groups in total. The summed E-state index contributed by atoms with van der Waals surface area (Å²) in [4.78, 5) is 28.8. The van der Waals surface area contributed by atoms with Crippen molar-refractivity contribution in [1.29, 1.82) is 0 Å². The van der Waals surface area contributed by atoms with Gasteiger partial charge in [0, 0.05) is 18.3 Å². The van der Waals surface area contributed by atoms with Crippen molar-refractivity contribution >= 4 is 17.5 Å². The monoisotopic (exact) mass is 412 g/mol. The number of ether oxygens (including phenoxy) is 2. The Morgan fingerprint density at radius 3 is 2.23 bits per heavy atom. The van der Waals surface area contributed by atoms with Gasteiger partial charge in [0.2, 0.25) is 11.8 Å². The third-order valence-electron chi connectivity index (χ3n) is 7.96. The zero-order valence-electron chi connectivity index (χ0n) is 18.0. The second kappa shape index (κ2) is 7.47. The molecule has 0 aromatic heterocycles. The first-order chi connectivity index (χ1) is 14.5. The fourth-order valence-electron chi connectivity index (χ4n) is 7.10. The Morgan fingerprint density at radius 1 is 1.00 bits per heavy atom. The first-order valence-corrected chi connectivity index (χ1v) is 11.4. The molecule has 0 spiro atoms. The smallest absolute Gasteiger partial charge is 0.247 e. The van der Waals surface area contributed by atoms with Crippen molar-refractivity contribution in [3.05, 3.63) is 18.2 Å². The number of nitrogens with one attached hydrogen (secondary N) is 1. The minimum atomic E-state index is -0.376. The van der Waals surface area contributed by atoms with Crippen LogP contribution in [0.5, 0.6) is 11.5 Å². The standard InChI is InChI=1S/C24H32N2O4/c1-29-20-6-5-18(11-21(20)30-2)25-22(27)19-4-3-7-26(19)23(28)24-12-15-8-16(13-24)10-17(9-15)14-24/h5-6,11,15-17,19H,3-4,7-10,12-14H2,1-2H3,(H,25,27)/t15?,16?,17?,19-,24?/m0/s1. The summed E-state index contributed by atoms with van der Waals surface area (Å²) in [5, 5.41) is 3.00. The molecule has 0 unspecified atom stereocenters. The molecule has 6 nitrogen and oxygen atoms in total. The van der Waals surface area contributed by atoms with Gasteiger partial charge in [0.05, 0.1) is 19.6 Å². The fraction of sp³-hybridized carbons (Fsp3) is 0.667. The van der Waals surface area contributed by atoms with Gasteiger partial charge in [-0.05, 0) is 81.3 Å². The lowest BCUT2D eigenvalue weighted by Crippen LogP contribution is -2.56. The maximum Gasteiger partial charge on any atom is 0.247 e. The molecule has 6 heteroatoms. The van der Waals surface area contributed by atoms with Crippen molar-refractivity contribution in [3.8, 4) is 11.5 Å². The molecule has 0 radical (unpaired) electrons. The zero-order chi connectivity index (χ0) is 20.9. The number of methoxy groups -OCH3 is 2. The van der Waals surface area contributed by atoms with Crippen molar-refractivity contribution in [2.45, 2.75) is 57.4 Å². The van der Waals surface area contributed by atoms with E-state index in [0.717, 1.165) is 49.9 Å². The largest absolute Gasteiger partial charge is 0.493 e. The summed E-state index contributed by atoms with van der Waals surface area (Å²) in [5.74, 6) is 3.52. The molecule has 4 saturated carbocycles. The van der Waals surface area contributed by atoms with Gasteiger partial charge in [-0.2, -0.15) is 0 Å². The van der Waals surface area contributed by atoms with Gasteiger partial charge in [-0.25, -0.2) is 0 Å². The van der Waals surface area contributed by atoms with Gasteiger partial charge in [0.25, 0.3) is 0 Å². The summed E-state index contributed by atoms with van der Waals surface area (Å²) in [6.07, 6.45) is 8.69. The summed E-state index contributed by atoms with van der Waals surface area (Å²) in [6, 6.07) is 4.97. The van der Waals surface area contributed by atoms with E-state index in [0.29, 0.717) is 23.7 Å². The second-order valence-corrected chi connectivity index (χ2v) is 9.91. The van der Waals surface area contributed by atoms with Crippen molar-refractivity contribution < 1.29 is 19.1 Å². The van der Waals surface area contributed by atoms with Crippen molar-refractivity contribution in [3.63, 3.8) is 0 Å². The van der Waals surface area contributed by atoms with Crippen LogP contribution in [0.4, 0.5) is 5.69 Å². The van der Waals surface area contributed by atoms with Crippen LogP contribution in [0.25, 0.3) is 0 Å². The van der Waals surface area contributed by atoms with Gasteiger partial charge in [-0.1, -0.05) is 0 Å². The molecular formula is C24H32N2O4. The first kappa shape index (κ1) is 19.7. The average molecular weight is 413 g/mol. The molecule has 162 valence electrons. The number of hydrogen-bond donors (Lipinski definition) is 1. The molecule has 1 aromatic rings. The van der Waals surface area contributed by atoms with Gasteiger partial charge < -0.3 is 19.7 Å². The predicted octanol–water partition coefficient (Wildman–Crippen LogP) is 3.85. The van der Waals surface area contributed by atoms with Crippen LogP contribution < -0.4 is 14.8 Å². The first-order valence-electron chi connectivity index (χ1n) is 11.4. The molecule has 1 aromatic carbocycles. The maximum atomic E-state index is 13.8. The quantitative estimate of drug-likeness (QED) is 0.798. The summed E-state index contributed by atoms with van der Waals surface area (Å²) < 4.78 is 10.6. The SMILES string of the molecule is COc1ccc(NC(=O)[C@@H]2CCCN2C(=O)C23CC4CC(CC(C4)C2)C3)cc1OC. The van der Waals surface area contributed by atoms with Crippen LogP contribution in [-0.4, -0.2) is 43.5 Å². The average Bonchev–Trinajstić information content (AvgIpc) is 3.22. The number of amides is 2.